The van der Waals surface area contributed by atoms with Crippen molar-refractivity contribution in [3.05, 3.63) is 45.4 Å². The molecule has 23 heavy (non-hydrogen) atoms. The molecular formula is C16H18ClFN2O2S. The number of carbonyl (C=O) groups is 1. The lowest BCUT2D eigenvalue weighted by Crippen LogP contribution is -2.27. The van der Waals surface area contributed by atoms with E-state index >= 15 is 0 Å². The number of rotatable bonds is 4. The van der Waals surface area contributed by atoms with Gasteiger partial charge in [0.15, 0.2) is 0 Å². The van der Waals surface area contributed by atoms with Gasteiger partial charge in [-0.25, -0.2) is 9.18 Å². The molecule has 2 rings (SSSR count). The third-order valence-electron chi connectivity index (χ3n) is 2.70. The molecule has 0 spiro atoms. The first kappa shape index (κ1) is 17.6. The minimum Gasteiger partial charge on any atom is -0.444 e. The molecule has 0 atom stereocenters. The summed E-state index contributed by atoms with van der Waals surface area (Å²) < 4.78 is 19.7. The number of hydrogen-bond donors (Lipinski definition) is 2. The van der Waals surface area contributed by atoms with Gasteiger partial charge in [-0.05, 0) is 51.1 Å². The lowest BCUT2D eigenvalue weighted by molar-refractivity contribution is 0.0635. The molecule has 7 heteroatoms. The third-order valence-corrected chi connectivity index (χ3v) is 3.93. The Labute approximate surface area is 143 Å². The van der Waals surface area contributed by atoms with Gasteiger partial charge < -0.3 is 10.1 Å². The van der Waals surface area contributed by atoms with E-state index in [1.807, 2.05) is 12.1 Å². The van der Waals surface area contributed by atoms with Crippen LogP contribution in [0.15, 0.2) is 30.3 Å². The van der Waals surface area contributed by atoms with E-state index in [0.29, 0.717) is 16.6 Å². The van der Waals surface area contributed by atoms with Crippen LogP contribution in [-0.4, -0.2) is 11.7 Å². The minimum atomic E-state index is -0.696. The monoisotopic (exact) mass is 356 g/mol. The van der Waals surface area contributed by atoms with Crippen molar-refractivity contribution in [2.45, 2.75) is 32.9 Å². The van der Waals surface area contributed by atoms with Gasteiger partial charge in [0.05, 0.1) is 10.0 Å². The van der Waals surface area contributed by atoms with Gasteiger partial charge in [-0.15, -0.1) is 11.3 Å². The molecule has 0 unspecified atom stereocenters. The van der Waals surface area contributed by atoms with Crippen LogP contribution in [0.4, 0.5) is 20.6 Å². The van der Waals surface area contributed by atoms with Crippen LogP contribution in [0.5, 0.6) is 0 Å². The third kappa shape index (κ3) is 5.73. The minimum absolute atomic E-state index is 0.0634. The predicted octanol–water partition coefficient (Wildman–Crippen LogP) is 5.50. The SMILES string of the molecule is CC(C)(C)OC(=O)Nc1cc(NCc2ccc(Cl)s2)ccc1F. The maximum Gasteiger partial charge on any atom is 0.412 e. The number of anilines is 2. The molecule has 0 aliphatic heterocycles. The molecule has 0 aliphatic rings. The molecule has 4 nitrogen and oxygen atoms in total. The molecule has 0 fully saturated rings. The number of ether oxygens (including phenoxy) is 1. The highest BCUT2D eigenvalue weighted by Crippen LogP contribution is 2.24. The summed E-state index contributed by atoms with van der Waals surface area (Å²) >= 11 is 7.35. The predicted molar refractivity (Wildman–Crippen MR) is 92.9 cm³/mol. The van der Waals surface area contributed by atoms with Crippen molar-refractivity contribution in [1.29, 1.82) is 0 Å². The summed E-state index contributed by atoms with van der Waals surface area (Å²) in [5.74, 6) is -0.527. The zero-order chi connectivity index (χ0) is 17.0. The second-order valence-corrected chi connectivity index (χ2v) is 7.68. The molecule has 0 saturated carbocycles. The molecule has 1 heterocycles. The molecule has 1 aromatic carbocycles. The number of hydrogen-bond acceptors (Lipinski definition) is 4. The lowest BCUT2D eigenvalue weighted by Gasteiger charge is -2.20. The van der Waals surface area contributed by atoms with E-state index in [1.54, 1.807) is 26.8 Å². The van der Waals surface area contributed by atoms with E-state index < -0.39 is 17.5 Å². The highest BCUT2D eigenvalue weighted by atomic mass is 35.5. The second-order valence-electron chi connectivity index (χ2n) is 5.88. The van der Waals surface area contributed by atoms with Gasteiger partial charge in [-0.2, -0.15) is 0 Å². The van der Waals surface area contributed by atoms with Crippen molar-refractivity contribution in [2.75, 3.05) is 10.6 Å². The number of halogens is 2. The molecule has 0 aliphatic carbocycles. The number of nitrogens with one attached hydrogen (secondary N) is 2. The highest BCUT2D eigenvalue weighted by Gasteiger charge is 2.17. The molecule has 0 radical (unpaired) electrons. The van der Waals surface area contributed by atoms with E-state index in [0.717, 1.165) is 4.88 Å². The summed E-state index contributed by atoms with van der Waals surface area (Å²) in [6, 6.07) is 8.16. The standard InChI is InChI=1S/C16H18ClFN2O2S/c1-16(2,3)22-15(21)20-13-8-10(4-6-12(13)18)19-9-11-5-7-14(17)23-11/h4-8,19H,9H2,1-3H3,(H,20,21). The summed E-state index contributed by atoms with van der Waals surface area (Å²) in [4.78, 5) is 12.8. The van der Waals surface area contributed by atoms with Crippen LogP contribution in [0.3, 0.4) is 0 Å². The van der Waals surface area contributed by atoms with Crippen molar-refractivity contribution in [2.24, 2.45) is 0 Å². The van der Waals surface area contributed by atoms with Crippen LogP contribution >= 0.6 is 22.9 Å². The Hall–Kier alpha value is -1.79. The van der Waals surface area contributed by atoms with E-state index in [-0.39, 0.29) is 5.69 Å². The molecule has 0 saturated heterocycles. The summed E-state index contributed by atoms with van der Waals surface area (Å²) in [5, 5.41) is 5.57. The van der Waals surface area contributed by atoms with Crippen LogP contribution in [0, 0.1) is 5.82 Å². The fourth-order valence-corrected chi connectivity index (χ4v) is 2.81. The van der Waals surface area contributed by atoms with Gasteiger partial charge in [0.1, 0.15) is 11.4 Å². The van der Waals surface area contributed by atoms with Crippen molar-refractivity contribution in [1.82, 2.24) is 0 Å². The molecule has 1 aromatic heterocycles. The largest absolute Gasteiger partial charge is 0.444 e. The first-order chi connectivity index (χ1) is 10.7. The Balaban J connectivity index is 2.02. The van der Waals surface area contributed by atoms with E-state index in [9.17, 15) is 9.18 Å². The average molecular weight is 357 g/mol. The maximum atomic E-state index is 13.8. The van der Waals surface area contributed by atoms with Gasteiger partial charge in [0.2, 0.25) is 0 Å². The van der Waals surface area contributed by atoms with E-state index in [1.165, 1.54) is 23.5 Å². The van der Waals surface area contributed by atoms with Gasteiger partial charge in [-0.3, -0.25) is 5.32 Å². The topological polar surface area (TPSA) is 50.4 Å². The summed E-state index contributed by atoms with van der Waals surface area (Å²) in [5.41, 5.74) is 0.102. The van der Waals surface area contributed by atoms with Crippen LogP contribution < -0.4 is 10.6 Å². The fraction of sp³-hybridized carbons (Fsp3) is 0.312. The van der Waals surface area contributed by atoms with Crippen molar-refractivity contribution in [3.8, 4) is 0 Å². The zero-order valence-corrected chi connectivity index (χ0v) is 14.6. The first-order valence-corrected chi connectivity index (χ1v) is 8.20. The van der Waals surface area contributed by atoms with Gasteiger partial charge >= 0.3 is 6.09 Å². The molecule has 124 valence electrons. The van der Waals surface area contributed by atoms with Crippen LogP contribution in [0.1, 0.15) is 25.6 Å². The molecule has 1 amide bonds. The number of thiophene rings is 1. The van der Waals surface area contributed by atoms with Crippen LogP contribution in [0.25, 0.3) is 0 Å². The zero-order valence-electron chi connectivity index (χ0n) is 13.1. The second kappa shape index (κ2) is 7.19. The quantitative estimate of drug-likeness (QED) is 0.760. The van der Waals surface area contributed by atoms with Crippen molar-refractivity contribution < 1.29 is 13.9 Å². The van der Waals surface area contributed by atoms with Crippen molar-refractivity contribution in [3.63, 3.8) is 0 Å². The Bertz CT molecular complexity index is 698. The molecule has 2 N–H and O–H groups in total. The summed E-state index contributed by atoms with van der Waals surface area (Å²) in [6.07, 6.45) is -0.696. The van der Waals surface area contributed by atoms with Crippen LogP contribution in [-0.2, 0) is 11.3 Å². The van der Waals surface area contributed by atoms with Gasteiger partial charge in [0.25, 0.3) is 0 Å². The van der Waals surface area contributed by atoms with Crippen LogP contribution in [0.2, 0.25) is 4.34 Å². The Morgan fingerprint density at radius 3 is 2.65 bits per heavy atom. The molecule has 0 bridgehead atoms. The highest BCUT2D eigenvalue weighted by molar-refractivity contribution is 7.16. The average Bonchev–Trinajstić information content (AvgIpc) is 2.83. The maximum absolute atomic E-state index is 13.8. The number of amides is 1. The number of benzene rings is 1. The fourth-order valence-electron chi connectivity index (χ4n) is 1.78. The number of carbonyl (C=O) groups excluding carboxylic acids is 1. The first-order valence-electron chi connectivity index (χ1n) is 7.00. The normalized spacial score (nSPS) is 11.2. The lowest BCUT2D eigenvalue weighted by atomic mass is 10.2. The Morgan fingerprint density at radius 1 is 1.30 bits per heavy atom. The molecule has 2 aromatic rings. The Kier molecular flexibility index (Phi) is 5.49. The van der Waals surface area contributed by atoms with Crippen molar-refractivity contribution >= 4 is 40.4 Å². The van der Waals surface area contributed by atoms with E-state index in [2.05, 4.69) is 10.6 Å². The van der Waals surface area contributed by atoms with Gasteiger partial charge in [0, 0.05) is 17.1 Å². The van der Waals surface area contributed by atoms with E-state index in [4.69, 9.17) is 16.3 Å². The summed E-state index contributed by atoms with van der Waals surface area (Å²) in [6.45, 7) is 5.79. The van der Waals surface area contributed by atoms with Gasteiger partial charge in [-0.1, -0.05) is 11.6 Å². The Morgan fingerprint density at radius 2 is 2.04 bits per heavy atom. The summed E-state index contributed by atoms with van der Waals surface area (Å²) in [7, 11) is 0. The molecular weight excluding hydrogens is 339 g/mol. The smallest absolute Gasteiger partial charge is 0.412 e.